The predicted molar refractivity (Wildman–Crippen MR) is 90.1 cm³/mol. The van der Waals surface area contributed by atoms with Gasteiger partial charge in [-0.2, -0.15) is 0 Å². The fraction of sp³-hybridized carbons (Fsp3) is 0.263. The Kier molecular flexibility index (Phi) is 4.81. The summed E-state index contributed by atoms with van der Waals surface area (Å²) in [6.45, 7) is 0.179. The highest BCUT2D eigenvalue weighted by Gasteiger charge is 2.35. The number of β-amino-alcohol motifs (C(OH)–C–C–N with tert-alkyl or cyclic N) is 1. The van der Waals surface area contributed by atoms with Crippen LogP contribution in [0.1, 0.15) is 33.9 Å². The monoisotopic (exact) mass is 342 g/mol. The molecule has 6 heteroatoms. The van der Waals surface area contributed by atoms with E-state index in [-0.39, 0.29) is 30.7 Å². The Morgan fingerprint density at radius 3 is 2.68 bits per heavy atom. The molecule has 0 bridgehead atoms. The minimum Gasteiger partial charge on any atom is -0.391 e. The molecule has 3 rings (SSSR count). The van der Waals surface area contributed by atoms with Crippen LogP contribution in [0, 0.1) is 5.82 Å². The number of nitrogens with two attached hydrogens (primary N) is 1. The molecular formula is C19H19FN2O3. The molecule has 2 amide bonds. The summed E-state index contributed by atoms with van der Waals surface area (Å²) in [6, 6.07) is 12.3. The molecule has 0 radical (unpaired) electrons. The number of carbonyl (C=O) groups excluding carboxylic acids is 2. The van der Waals surface area contributed by atoms with Gasteiger partial charge in [0.2, 0.25) is 11.8 Å². The molecule has 3 N–H and O–H groups in total. The van der Waals surface area contributed by atoms with E-state index in [1.807, 2.05) is 0 Å². The summed E-state index contributed by atoms with van der Waals surface area (Å²) in [5.74, 6) is -1.21. The first-order valence-electron chi connectivity index (χ1n) is 8.06. The first-order chi connectivity index (χ1) is 12.0. The summed E-state index contributed by atoms with van der Waals surface area (Å²) in [5.41, 5.74) is 6.85. The number of nitrogens with zero attached hydrogens (tertiary/aromatic N) is 1. The largest absolute Gasteiger partial charge is 0.391 e. The van der Waals surface area contributed by atoms with Crippen LogP contribution in [0.5, 0.6) is 0 Å². The Hall–Kier alpha value is -2.73. The summed E-state index contributed by atoms with van der Waals surface area (Å²) in [5, 5.41) is 10.00. The number of primary amides is 1. The lowest BCUT2D eigenvalue weighted by Gasteiger charge is -2.25. The zero-order valence-electron chi connectivity index (χ0n) is 13.6. The van der Waals surface area contributed by atoms with Crippen LogP contribution in [-0.2, 0) is 11.2 Å². The van der Waals surface area contributed by atoms with Crippen molar-refractivity contribution in [1.29, 1.82) is 0 Å². The second-order valence-electron chi connectivity index (χ2n) is 6.20. The fourth-order valence-electron chi connectivity index (χ4n) is 3.30. The maximum Gasteiger partial charge on any atom is 0.248 e. The van der Waals surface area contributed by atoms with Crippen molar-refractivity contribution in [2.75, 3.05) is 6.54 Å². The summed E-state index contributed by atoms with van der Waals surface area (Å²) in [6.07, 6.45) is -0.312. The highest BCUT2D eigenvalue weighted by atomic mass is 19.1. The van der Waals surface area contributed by atoms with Gasteiger partial charge in [0.05, 0.1) is 18.6 Å². The van der Waals surface area contributed by atoms with Gasteiger partial charge in [-0.25, -0.2) is 4.39 Å². The van der Waals surface area contributed by atoms with Gasteiger partial charge in [-0.15, -0.1) is 0 Å². The highest BCUT2D eigenvalue weighted by molar-refractivity contribution is 5.95. The van der Waals surface area contributed by atoms with Crippen LogP contribution in [0.2, 0.25) is 0 Å². The van der Waals surface area contributed by atoms with Gasteiger partial charge in [-0.3, -0.25) is 9.59 Å². The second-order valence-corrected chi connectivity index (χ2v) is 6.20. The van der Waals surface area contributed by atoms with Crippen molar-refractivity contribution >= 4 is 11.8 Å². The van der Waals surface area contributed by atoms with E-state index >= 15 is 0 Å². The topological polar surface area (TPSA) is 83.6 Å². The van der Waals surface area contributed by atoms with Crippen LogP contribution in [0.3, 0.4) is 0 Å². The minimum absolute atomic E-state index is 0.00233. The minimum atomic E-state index is -0.663. The Morgan fingerprint density at radius 1 is 1.20 bits per heavy atom. The zero-order chi connectivity index (χ0) is 18.0. The summed E-state index contributed by atoms with van der Waals surface area (Å²) >= 11 is 0. The van der Waals surface area contributed by atoms with Crippen LogP contribution in [0.25, 0.3) is 0 Å². The van der Waals surface area contributed by atoms with Crippen molar-refractivity contribution < 1.29 is 19.1 Å². The standard InChI is InChI=1S/C19H19FN2O3/c20-14-6-3-5-13(8-14)17-10-15(23)11-22(17)18(24)9-12-4-1-2-7-16(12)19(21)25/h1-8,15,17,23H,9-11H2,(H2,21,25)/t15-,17-/m1/s1. The molecule has 0 aliphatic carbocycles. The van der Waals surface area contributed by atoms with Gasteiger partial charge in [0.15, 0.2) is 0 Å². The number of halogens is 1. The molecule has 0 unspecified atom stereocenters. The zero-order valence-corrected chi connectivity index (χ0v) is 13.6. The Morgan fingerprint density at radius 2 is 1.96 bits per heavy atom. The maximum atomic E-state index is 13.5. The highest BCUT2D eigenvalue weighted by Crippen LogP contribution is 2.33. The van der Waals surface area contributed by atoms with Crippen molar-refractivity contribution in [1.82, 2.24) is 4.90 Å². The number of amides is 2. The van der Waals surface area contributed by atoms with Gasteiger partial charge in [0, 0.05) is 12.1 Å². The normalized spacial score (nSPS) is 19.8. The van der Waals surface area contributed by atoms with Crippen LogP contribution < -0.4 is 5.73 Å². The van der Waals surface area contributed by atoms with Crippen molar-refractivity contribution in [2.45, 2.75) is 25.0 Å². The van der Waals surface area contributed by atoms with E-state index in [2.05, 4.69) is 0 Å². The molecule has 0 saturated carbocycles. The molecule has 2 atom stereocenters. The number of aliphatic hydroxyl groups is 1. The van der Waals surface area contributed by atoms with Gasteiger partial charge in [-0.1, -0.05) is 30.3 Å². The maximum absolute atomic E-state index is 13.5. The number of rotatable bonds is 4. The number of hydrogen-bond donors (Lipinski definition) is 2. The third-order valence-electron chi connectivity index (χ3n) is 4.46. The lowest BCUT2D eigenvalue weighted by Crippen LogP contribution is -2.33. The van der Waals surface area contributed by atoms with Crippen molar-refractivity contribution in [3.8, 4) is 0 Å². The molecule has 0 spiro atoms. The molecule has 1 aliphatic heterocycles. The number of carbonyl (C=O) groups is 2. The van der Waals surface area contributed by atoms with Crippen LogP contribution in [-0.4, -0.2) is 34.5 Å². The number of benzene rings is 2. The third kappa shape index (κ3) is 3.69. The average molecular weight is 342 g/mol. The van der Waals surface area contributed by atoms with E-state index in [1.165, 1.54) is 17.0 Å². The number of aliphatic hydroxyl groups excluding tert-OH is 1. The summed E-state index contributed by atoms with van der Waals surface area (Å²) in [7, 11) is 0. The quantitative estimate of drug-likeness (QED) is 0.889. The van der Waals surface area contributed by atoms with E-state index in [0.717, 1.165) is 0 Å². The molecule has 1 aliphatic rings. The lowest BCUT2D eigenvalue weighted by atomic mass is 10.0. The molecule has 1 heterocycles. The molecule has 0 aromatic heterocycles. The molecule has 25 heavy (non-hydrogen) atoms. The van der Waals surface area contributed by atoms with Crippen molar-refractivity contribution in [2.24, 2.45) is 5.73 Å². The molecule has 1 fully saturated rings. The first-order valence-corrected chi connectivity index (χ1v) is 8.06. The number of likely N-dealkylation sites (tertiary alicyclic amines) is 1. The predicted octanol–water partition coefficient (Wildman–Crippen LogP) is 1.80. The van der Waals surface area contributed by atoms with E-state index in [1.54, 1.807) is 36.4 Å². The molecule has 130 valence electrons. The molecule has 5 nitrogen and oxygen atoms in total. The first kappa shape index (κ1) is 17.1. The summed E-state index contributed by atoms with van der Waals surface area (Å²) in [4.78, 5) is 25.8. The van der Waals surface area contributed by atoms with Crippen LogP contribution >= 0.6 is 0 Å². The second kappa shape index (κ2) is 7.03. The Balaban J connectivity index is 1.84. The molecular weight excluding hydrogens is 323 g/mol. The van der Waals surface area contributed by atoms with Gasteiger partial charge in [0.1, 0.15) is 5.82 Å². The van der Waals surface area contributed by atoms with Gasteiger partial charge in [-0.05, 0) is 35.7 Å². The van der Waals surface area contributed by atoms with E-state index in [0.29, 0.717) is 23.1 Å². The van der Waals surface area contributed by atoms with Crippen LogP contribution in [0.15, 0.2) is 48.5 Å². The van der Waals surface area contributed by atoms with E-state index in [4.69, 9.17) is 5.73 Å². The Labute approximate surface area is 144 Å². The van der Waals surface area contributed by atoms with Gasteiger partial charge in [0.25, 0.3) is 0 Å². The fourth-order valence-corrected chi connectivity index (χ4v) is 3.30. The van der Waals surface area contributed by atoms with E-state index in [9.17, 15) is 19.1 Å². The third-order valence-corrected chi connectivity index (χ3v) is 4.46. The van der Waals surface area contributed by atoms with Gasteiger partial charge >= 0.3 is 0 Å². The van der Waals surface area contributed by atoms with E-state index < -0.39 is 12.0 Å². The SMILES string of the molecule is NC(=O)c1ccccc1CC(=O)N1C[C@H](O)C[C@@H]1c1cccc(F)c1. The Bertz CT molecular complexity index is 809. The average Bonchev–Trinajstić information content (AvgIpc) is 2.97. The van der Waals surface area contributed by atoms with Crippen molar-refractivity contribution in [3.05, 3.63) is 71.0 Å². The van der Waals surface area contributed by atoms with Gasteiger partial charge < -0.3 is 15.7 Å². The smallest absolute Gasteiger partial charge is 0.248 e. The van der Waals surface area contributed by atoms with Crippen LogP contribution in [0.4, 0.5) is 4.39 Å². The lowest BCUT2D eigenvalue weighted by molar-refractivity contribution is -0.131. The molecule has 1 saturated heterocycles. The number of hydrogen-bond acceptors (Lipinski definition) is 3. The molecule has 2 aromatic carbocycles. The molecule has 2 aromatic rings. The van der Waals surface area contributed by atoms with Crippen molar-refractivity contribution in [3.63, 3.8) is 0 Å². The summed E-state index contributed by atoms with van der Waals surface area (Å²) < 4.78 is 13.5.